The van der Waals surface area contributed by atoms with Crippen LogP contribution in [0.5, 0.6) is 0 Å². The molecule has 1 rings (SSSR count). The van der Waals surface area contributed by atoms with Gasteiger partial charge in [-0.25, -0.2) is 0 Å². The van der Waals surface area contributed by atoms with Crippen molar-refractivity contribution in [1.29, 1.82) is 5.26 Å². The van der Waals surface area contributed by atoms with Crippen LogP contribution in [-0.4, -0.2) is 36.0 Å². The maximum atomic E-state index is 11.5. The van der Waals surface area contributed by atoms with E-state index in [2.05, 4.69) is 16.3 Å². The maximum Gasteiger partial charge on any atom is 0.237 e. The van der Waals surface area contributed by atoms with E-state index in [1.807, 2.05) is 13.8 Å². The van der Waals surface area contributed by atoms with Gasteiger partial charge >= 0.3 is 0 Å². The second-order valence-corrected chi connectivity index (χ2v) is 3.66. The van der Waals surface area contributed by atoms with Crippen molar-refractivity contribution < 1.29 is 4.79 Å². The molecule has 0 radical (unpaired) electrons. The fraction of sp³-hybridized carbons (Fsp3) is 0.800. The summed E-state index contributed by atoms with van der Waals surface area (Å²) in [6.07, 6.45) is 1.30. The van der Waals surface area contributed by atoms with Gasteiger partial charge in [-0.1, -0.05) is 6.92 Å². The van der Waals surface area contributed by atoms with Gasteiger partial charge in [-0.2, -0.15) is 5.26 Å². The van der Waals surface area contributed by atoms with Crippen molar-refractivity contribution in [2.75, 3.05) is 13.1 Å². The summed E-state index contributed by atoms with van der Waals surface area (Å²) in [4.78, 5) is 13.6. The molecule has 14 heavy (non-hydrogen) atoms. The Morgan fingerprint density at radius 3 is 3.07 bits per heavy atom. The summed E-state index contributed by atoms with van der Waals surface area (Å²) in [6, 6.07) is 2.28. The van der Waals surface area contributed by atoms with Crippen LogP contribution in [0.25, 0.3) is 0 Å². The minimum atomic E-state index is -0.0490. The van der Waals surface area contributed by atoms with E-state index in [9.17, 15) is 4.79 Å². The quantitative estimate of drug-likeness (QED) is 0.713. The zero-order valence-electron chi connectivity index (χ0n) is 8.79. The molecular weight excluding hydrogens is 178 g/mol. The van der Waals surface area contributed by atoms with Crippen LogP contribution in [0.15, 0.2) is 0 Å². The first-order valence-electron chi connectivity index (χ1n) is 5.11. The molecule has 2 atom stereocenters. The van der Waals surface area contributed by atoms with E-state index in [4.69, 9.17) is 5.26 Å². The van der Waals surface area contributed by atoms with Crippen molar-refractivity contribution in [1.82, 2.24) is 10.2 Å². The predicted octanol–water partition coefficient (Wildman–Crippen LogP) is 0.499. The molecule has 1 heterocycles. The molecule has 1 aliphatic rings. The molecule has 0 bridgehead atoms. The highest BCUT2D eigenvalue weighted by Gasteiger charge is 2.30. The van der Waals surface area contributed by atoms with Gasteiger partial charge in [-0.15, -0.1) is 0 Å². The van der Waals surface area contributed by atoms with E-state index < -0.39 is 0 Å². The molecule has 1 aliphatic heterocycles. The highest BCUT2D eigenvalue weighted by atomic mass is 16.2. The average molecular weight is 195 g/mol. The fourth-order valence-corrected chi connectivity index (χ4v) is 1.93. The Morgan fingerprint density at radius 2 is 2.50 bits per heavy atom. The summed E-state index contributed by atoms with van der Waals surface area (Å²) in [6.45, 7) is 5.56. The standard InChI is InChI=1S/C10H17N3O/c1-3-9-10(14)12-6-7-13(9)8(2)4-5-11/h8-9H,3-4,6-7H2,1-2H3,(H,12,14). The number of amides is 1. The summed E-state index contributed by atoms with van der Waals surface area (Å²) in [5.74, 6) is 0.100. The SMILES string of the molecule is CCC1C(=O)NCCN1C(C)CC#N. The molecule has 0 spiro atoms. The van der Waals surface area contributed by atoms with Gasteiger partial charge in [0.25, 0.3) is 0 Å². The summed E-state index contributed by atoms with van der Waals surface area (Å²) >= 11 is 0. The van der Waals surface area contributed by atoms with Crippen LogP contribution in [0.3, 0.4) is 0 Å². The minimum absolute atomic E-state index is 0.0490. The Kier molecular flexibility index (Phi) is 3.90. The van der Waals surface area contributed by atoms with Crippen LogP contribution in [0, 0.1) is 11.3 Å². The van der Waals surface area contributed by atoms with Crippen molar-refractivity contribution >= 4 is 5.91 Å². The average Bonchev–Trinajstić information content (AvgIpc) is 2.17. The van der Waals surface area contributed by atoms with E-state index in [-0.39, 0.29) is 18.0 Å². The van der Waals surface area contributed by atoms with Crippen LogP contribution in [-0.2, 0) is 4.79 Å². The molecule has 78 valence electrons. The van der Waals surface area contributed by atoms with Crippen LogP contribution >= 0.6 is 0 Å². The third-order valence-corrected chi connectivity index (χ3v) is 2.71. The number of carbonyl (C=O) groups is 1. The Morgan fingerprint density at radius 1 is 1.79 bits per heavy atom. The van der Waals surface area contributed by atoms with Gasteiger partial charge in [-0.05, 0) is 13.3 Å². The number of hydrogen-bond acceptors (Lipinski definition) is 3. The third kappa shape index (κ3) is 2.24. The van der Waals surface area contributed by atoms with Gasteiger partial charge in [0, 0.05) is 19.1 Å². The molecular formula is C10H17N3O. The van der Waals surface area contributed by atoms with Crippen LogP contribution in [0.1, 0.15) is 26.7 Å². The Bertz CT molecular complexity index is 246. The Hall–Kier alpha value is -1.08. The van der Waals surface area contributed by atoms with Gasteiger partial charge in [0.2, 0.25) is 5.91 Å². The first-order chi connectivity index (χ1) is 6.70. The molecule has 4 nitrogen and oxygen atoms in total. The summed E-state index contributed by atoms with van der Waals surface area (Å²) in [7, 11) is 0. The summed E-state index contributed by atoms with van der Waals surface area (Å²) in [5.41, 5.74) is 0. The van der Waals surface area contributed by atoms with Gasteiger partial charge in [0.15, 0.2) is 0 Å². The Labute approximate surface area is 84.9 Å². The van der Waals surface area contributed by atoms with Gasteiger partial charge < -0.3 is 5.32 Å². The molecule has 0 aromatic rings. The zero-order chi connectivity index (χ0) is 10.6. The molecule has 1 fully saturated rings. The first-order valence-corrected chi connectivity index (χ1v) is 5.11. The monoisotopic (exact) mass is 195 g/mol. The smallest absolute Gasteiger partial charge is 0.237 e. The van der Waals surface area contributed by atoms with E-state index in [1.165, 1.54) is 0 Å². The molecule has 1 N–H and O–H groups in total. The zero-order valence-corrected chi connectivity index (χ0v) is 8.79. The van der Waals surface area contributed by atoms with Gasteiger partial charge in [0.1, 0.15) is 0 Å². The molecule has 1 amide bonds. The lowest BCUT2D eigenvalue weighted by atomic mass is 10.1. The minimum Gasteiger partial charge on any atom is -0.353 e. The number of hydrogen-bond donors (Lipinski definition) is 1. The summed E-state index contributed by atoms with van der Waals surface area (Å²) in [5, 5.41) is 11.5. The number of nitriles is 1. The summed E-state index contributed by atoms with van der Waals surface area (Å²) < 4.78 is 0. The number of rotatable bonds is 3. The van der Waals surface area contributed by atoms with E-state index in [1.54, 1.807) is 0 Å². The molecule has 2 unspecified atom stereocenters. The van der Waals surface area contributed by atoms with Gasteiger partial charge in [0.05, 0.1) is 18.5 Å². The molecule has 4 heteroatoms. The van der Waals surface area contributed by atoms with Crippen molar-refractivity contribution in [2.45, 2.75) is 38.8 Å². The number of nitrogens with one attached hydrogen (secondary N) is 1. The third-order valence-electron chi connectivity index (χ3n) is 2.71. The van der Waals surface area contributed by atoms with Crippen molar-refractivity contribution in [3.8, 4) is 6.07 Å². The largest absolute Gasteiger partial charge is 0.353 e. The molecule has 1 saturated heterocycles. The lowest BCUT2D eigenvalue weighted by Gasteiger charge is -2.37. The first kappa shape index (κ1) is 11.0. The van der Waals surface area contributed by atoms with Crippen LogP contribution < -0.4 is 5.32 Å². The highest BCUT2D eigenvalue weighted by Crippen LogP contribution is 2.14. The van der Waals surface area contributed by atoms with E-state index >= 15 is 0 Å². The molecule has 0 saturated carbocycles. The lowest BCUT2D eigenvalue weighted by Crippen LogP contribution is -2.57. The number of carbonyl (C=O) groups excluding carboxylic acids is 1. The number of piperazine rings is 1. The predicted molar refractivity (Wildman–Crippen MR) is 53.5 cm³/mol. The molecule has 0 aromatic heterocycles. The van der Waals surface area contributed by atoms with Crippen LogP contribution in [0.4, 0.5) is 0 Å². The lowest BCUT2D eigenvalue weighted by molar-refractivity contribution is -0.130. The molecule has 0 aromatic carbocycles. The second-order valence-electron chi connectivity index (χ2n) is 3.66. The van der Waals surface area contributed by atoms with Crippen molar-refractivity contribution in [3.63, 3.8) is 0 Å². The number of nitrogens with zero attached hydrogens (tertiary/aromatic N) is 2. The Balaban J connectivity index is 2.65. The van der Waals surface area contributed by atoms with E-state index in [0.717, 1.165) is 13.0 Å². The maximum absolute atomic E-state index is 11.5. The van der Waals surface area contributed by atoms with Crippen molar-refractivity contribution in [3.05, 3.63) is 0 Å². The van der Waals surface area contributed by atoms with Crippen molar-refractivity contribution in [2.24, 2.45) is 0 Å². The topological polar surface area (TPSA) is 56.1 Å². The molecule has 0 aliphatic carbocycles. The van der Waals surface area contributed by atoms with Crippen LogP contribution in [0.2, 0.25) is 0 Å². The van der Waals surface area contributed by atoms with Gasteiger partial charge in [-0.3, -0.25) is 9.69 Å². The van der Waals surface area contributed by atoms with E-state index in [0.29, 0.717) is 13.0 Å². The fourth-order valence-electron chi connectivity index (χ4n) is 1.93. The normalized spacial score (nSPS) is 25.2. The highest BCUT2D eigenvalue weighted by molar-refractivity contribution is 5.82. The second kappa shape index (κ2) is 4.97.